The van der Waals surface area contributed by atoms with Crippen molar-refractivity contribution in [2.24, 2.45) is 23.7 Å². The fourth-order valence-corrected chi connectivity index (χ4v) is 5.54. The zero-order chi connectivity index (χ0) is 19.9. The molecule has 0 aliphatic heterocycles. The van der Waals surface area contributed by atoms with Crippen LogP contribution >= 0.6 is 0 Å². The van der Waals surface area contributed by atoms with E-state index in [-0.39, 0.29) is 18.1 Å². The summed E-state index contributed by atoms with van der Waals surface area (Å²) in [6.07, 6.45) is 15.6. The number of ketones is 1. The number of hydrogen-bond donors (Lipinski definition) is 0. The van der Waals surface area contributed by atoms with Crippen LogP contribution in [0.25, 0.3) is 0 Å². The lowest BCUT2D eigenvalue weighted by Crippen LogP contribution is -2.29. The SMILES string of the molecule is CCCCC[C@H]1CC[C@H]([C@H]2CC[C@H](C(=O)Cc3ccc(F)c(F)c3)CC2)CC1. The second-order valence-electron chi connectivity index (χ2n) is 9.28. The summed E-state index contributed by atoms with van der Waals surface area (Å²) in [7, 11) is 0. The van der Waals surface area contributed by atoms with E-state index in [1.165, 1.54) is 70.3 Å². The van der Waals surface area contributed by atoms with Crippen LogP contribution in [0.5, 0.6) is 0 Å². The fourth-order valence-electron chi connectivity index (χ4n) is 5.54. The van der Waals surface area contributed by atoms with E-state index in [2.05, 4.69) is 6.92 Å². The van der Waals surface area contributed by atoms with Gasteiger partial charge in [-0.1, -0.05) is 51.5 Å². The molecule has 0 spiro atoms. The third-order valence-electron chi connectivity index (χ3n) is 7.36. The molecule has 2 fully saturated rings. The molecule has 156 valence electrons. The van der Waals surface area contributed by atoms with Crippen molar-refractivity contribution in [3.05, 3.63) is 35.4 Å². The van der Waals surface area contributed by atoms with Crippen molar-refractivity contribution < 1.29 is 13.6 Å². The number of unbranched alkanes of at least 4 members (excludes halogenated alkanes) is 2. The van der Waals surface area contributed by atoms with Gasteiger partial charge in [0.2, 0.25) is 0 Å². The Labute approximate surface area is 169 Å². The molecule has 0 amide bonds. The Morgan fingerprint density at radius 2 is 1.54 bits per heavy atom. The lowest BCUT2D eigenvalue weighted by atomic mass is 9.68. The third-order valence-corrected chi connectivity index (χ3v) is 7.36. The second kappa shape index (κ2) is 10.5. The van der Waals surface area contributed by atoms with Crippen LogP contribution in [-0.2, 0) is 11.2 Å². The number of hydrogen-bond acceptors (Lipinski definition) is 1. The van der Waals surface area contributed by atoms with Gasteiger partial charge in [0.25, 0.3) is 0 Å². The van der Waals surface area contributed by atoms with Crippen LogP contribution in [0.3, 0.4) is 0 Å². The van der Waals surface area contributed by atoms with Gasteiger partial charge in [0.05, 0.1) is 0 Å². The summed E-state index contributed by atoms with van der Waals surface area (Å²) in [5.41, 5.74) is 0.590. The summed E-state index contributed by atoms with van der Waals surface area (Å²) in [5, 5.41) is 0. The molecule has 2 saturated carbocycles. The Bertz CT molecular complexity index is 625. The van der Waals surface area contributed by atoms with Crippen LogP contribution in [0.1, 0.15) is 89.5 Å². The first-order valence-electron chi connectivity index (χ1n) is 11.5. The third kappa shape index (κ3) is 5.87. The Morgan fingerprint density at radius 1 is 0.893 bits per heavy atom. The molecule has 0 heterocycles. The lowest BCUT2D eigenvalue weighted by molar-refractivity contribution is -0.123. The fraction of sp³-hybridized carbons (Fsp3) is 0.720. The molecular formula is C25H36F2O. The largest absolute Gasteiger partial charge is 0.299 e. The van der Waals surface area contributed by atoms with E-state index in [1.54, 1.807) is 0 Å². The van der Waals surface area contributed by atoms with Crippen LogP contribution in [-0.4, -0.2) is 5.78 Å². The minimum atomic E-state index is -0.862. The van der Waals surface area contributed by atoms with Crippen LogP contribution in [0.2, 0.25) is 0 Å². The number of rotatable bonds is 8. The average molecular weight is 391 g/mol. The molecule has 28 heavy (non-hydrogen) atoms. The topological polar surface area (TPSA) is 17.1 Å². The highest BCUT2D eigenvalue weighted by Gasteiger charge is 2.32. The first kappa shape index (κ1) is 21.5. The number of halogens is 2. The molecule has 3 rings (SSSR count). The monoisotopic (exact) mass is 390 g/mol. The van der Waals surface area contributed by atoms with E-state index in [9.17, 15) is 13.6 Å². The zero-order valence-electron chi connectivity index (χ0n) is 17.4. The molecule has 0 unspecified atom stereocenters. The van der Waals surface area contributed by atoms with Crippen molar-refractivity contribution >= 4 is 5.78 Å². The highest BCUT2D eigenvalue weighted by Crippen LogP contribution is 2.42. The molecule has 1 aromatic carbocycles. The molecule has 3 heteroatoms. The number of Topliss-reactive ketones (excluding diaryl/α,β-unsaturated/α-hetero) is 1. The lowest BCUT2D eigenvalue weighted by Gasteiger charge is -2.37. The smallest absolute Gasteiger partial charge is 0.159 e. The van der Waals surface area contributed by atoms with E-state index in [1.807, 2.05) is 0 Å². The summed E-state index contributed by atoms with van der Waals surface area (Å²) in [6, 6.07) is 3.81. The van der Waals surface area contributed by atoms with E-state index >= 15 is 0 Å². The van der Waals surface area contributed by atoms with E-state index in [4.69, 9.17) is 0 Å². The number of carbonyl (C=O) groups excluding carboxylic acids is 1. The maximum atomic E-state index is 13.4. The van der Waals surface area contributed by atoms with Gasteiger partial charge in [-0.05, 0) is 74.0 Å². The summed E-state index contributed by atoms with van der Waals surface area (Å²) < 4.78 is 26.4. The van der Waals surface area contributed by atoms with Crippen molar-refractivity contribution in [1.29, 1.82) is 0 Å². The van der Waals surface area contributed by atoms with Crippen molar-refractivity contribution in [2.45, 2.75) is 90.4 Å². The van der Waals surface area contributed by atoms with Crippen molar-refractivity contribution in [3.8, 4) is 0 Å². The van der Waals surface area contributed by atoms with Crippen LogP contribution in [0, 0.1) is 35.3 Å². The predicted molar refractivity (Wildman–Crippen MR) is 110 cm³/mol. The summed E-state index contributed by atoms with van der Waals surface area (Å²) in [5.74, 6) is 1.21. The molecule has 0 radical (unpaired) electrons. The maximum Gasteiger partial charge on any atom is 0.159 e. The zero-order valence-corrected chi connectivity index (χ0v) is 17.4. The summed E-state index contributed by atoms with van der Waals surface area (Å²) in [4.78, 5) is 12.6. The van der Waals surface area contributed by atoms with Crippen molar-refractivity contribution in [3.63, 3.8) is 0 Å². The minimum Gasteiger partial charge on any atom is -0.299 e. The van der Waals surface area contributed by atoms with Gasteiger partial charge in [0.1, 0.15) is 5.78 Å². The quantitative estimate of drug-likeness (QED) is 0.427. The maximum absolute atomic E-state index is 13.4. The predicted octanol–water partition coefficient (Wildman–Crippen LogP) is 7.27. The number of carbonyl (C=O) groups is 1. The molecule has 0 N–H and O–H groups in total. The number of benzene rings is 1. The van der Waals surface area contributed by atoms with Crippen LogP contribution < -0.4 is 0 Å². The highest BCUT2D eigenvalue weighted by molar-refractivity contribution is 5.83. The summed E-state index contributed by atoms with van der Waals surface area (Å²) in [6.45, 7) is 2.27. The molecule has 2 aliphatic rings. The van der Waals surface area contributed by atoms with Crippen molar-refractivity contribution in [1.82, 2.24) is 0 Å². The van der Waals surface area contributed by atoms with Gasteiger partial charge in [-0.15, -0.1) is 0 Å². The van der Waals surface area contributed by atoms with Gasteiger partial charge >= 0.3 is 0 Å². The normalized spacial score (nSPS) is 28.2. The highest BCUT2D eigenvalue weighted by atomic mass is 19.2. The molecule has 0 saturated heterocycles. The van der Waals surface area contributed by atoms with E-state index in [0.29, 0.717) is 5.56 Å². The van der Waals surface area contributed by atoms with Crippen LogP contribution in [0.15, 0.2) is 18.2 Å². The molecule has 2 aliphatic carbocycles. The second-order valence-corrected chi connectivity index (χ2v) is 9.28. The van der Waals surface area contributed by atoms with E-state index in [0.717, 1.165) is 42.7 Å². The standard InChI is InChI=1S/C25H36F2O/c1-2-3-4-5-18-6-9-20(10-7-18)21-11-13-22(14-12-21)25(28)17-19-8-15-23(26)24(27)16-19/h8,15-16,18,20-22H,2-7,9-14,17H2,1H3/t18-,20-,21-,22-. The van der Waals surface area contributed by atoms with Gasteiger partial charge in [-0.3, -0.25) is 4.79 Å². The van der Waals surface area contributed by atoms with Gasteiger partial charge < -0.3 is 0 Å². The average Bonchev–Trinajstić information content (AvgIpc) is 2.72. The Hall–Kier alpha value is -1.25. The van der Waals surface area contributed by atoms with E-state index < -0.39 is 11.6 Å². The first-order chi connectivity index (χ1) is 13.6. The minimum absolute atomic E-state index is 0.106. The molecule has 1 nitrogen and oxygen atoms in total. The molecule has 0 atom stereocenters. The molecule has 0 bridgehead atoms. The van der Waals surface area contributed by atoms with Gasteiger partial charge in [-0.25, -0.2) is 8.78 Å². The molecular weight excluding hydrogens is 354 g/mol. The van der Waals surface area contributed by atoms with Gasteiger partial charge in [-0.2, -0.15) is 0 Å². The molecule has 1 aromatic rings. The summed E-state index contributed by atoms with van der Waals surface area (Å²) >= 11 is 0. The Kier molecular flexibility index (Phi) is 8.05. The Morgan fingerprint density at radius 3 is 2.14 bits per heavy atom. The van der Waals surface area contributed by atoms with Crippen LogP contribution in [0.4, 0.5) is 8.78 Å². The Balaban J connectivity index is 1.39. The van der Waals surface area contributed by atoms with Gasteiger partial charge in [0.15, 0.2) is 11.6 Å². The van der Waals surface area contributed by atoms with Crippen molar-refractivity contribution in [2.75, 3.05) is 0 Å². The first-order valence-corrected chi connectivity index (χ1v) is 11.5. The van der Waals surface area contributed by atoms with Gasteiger partial charge in [0, 0.05) is 12.3 Å². The molecule has 0 aromatic heterocycles.